The highest BCUT2D eigenvalue weighted by molar-refractivity contribution is 6.06. The van der Waals surface area contributed by atoms with Gasteiger partial charge in [0, 0.05) is 11.6 Å². The molecule has 3 rings (SSSR count). The number of hydrogen-bond acceptors (Lipinski definition) is 3. The van der Waals surface area contributed by atoms with E-state index in [1.165, 1.54) is 6.20 Å². The maximum absolute atomic E-state index is 11.8. The van der Waals surface area contributed by atoms with Crippen LogP contribution in [0.3, 0.4) is 0 Å². The lowest BCUT2D eigenvalue weighted by molar-refractivity contribution is 0.102. The number of rotatable bonds is 2. The molecule has 0 saturated carbocycles. The van der Waals surface area contributed by atoms with Gasteiger partial charge in [-0.25, -0.2) is 0 Å². The molecule has 17 heavy (non-hydrogen) atoms. The van der Waals surface area contributed by atoms with Crippen LogP contribution in [0.2, 0.25) is 0 Å². The molecule has 3 N–H and O–H groups in total. The van der Waals surface area contributed by atoms with Gasteiger partial charge in [-0.1, -0.05) is 12.1 Å². The molecule has 1 amide bonds. The number of fused-ring (bicyclic) bond motifs is 1. The van der Waals surface area contributed by atoms with Gasteiger partial charge in [0.25, 0.3) is 5.91 Å². The Balaban J connectivity index is 1.93. The van der Waals surface area contributed by atoms with E-state index < -0.39 is 0 Å². The summed E-state index contributed by atoms with van der Waals surface area (Å²) in [6, 6.07) is 9.19. The largest absolute Gasteiger partial charge is 0.303 e. The smallest absolute Gasteiger partial charge is 0.274 e. The maximum Gasteiger partial charge on any atom is 0.274 e. The third-order valence-corrected chi connectivity index (χ3v) is 2.45. The molecule has 0 unspecified atom stereocenters. The Hall–Kier alpha value is -2.63. The van der Waals surface area contributed by atoms with Crippen LogP contribution in [0.15, 0.2) is 36.5 Å². The number of nitrogens with one attached hydrogen (secondary N) is 3. The number of anilines is 1. The summed E-state index contributed by atoms with van der Waals surface area (Å²) in [5.41, 5.74) is 1.28. The summed E-state index contributed by atoms with van der Waals surface area (Å²) < 4.78 is 0. The Morgan fingerprint density at radius 1 is 1.18 bits per heavy atom. The van der Waals surface area contributed by atoms with Crippen molar-refractivity contribution in [2.75, 3.05) is 5.32 Å². The first-order valence-corrected chi connectivity index (χ1v) is 5.08. The molecule has 0 fully saturated rings. The van der Waals surface area contributed by atoms with E-state index in [-0.39, 0.29) is 5.91 Å². The molecule has 2 heterocycles. The van der Waals surface area contributed by atoms with Crippen LogP contribution in [0.4, 0.5) is 5.82 Å². The van der Waals surface area contributed by atoms with Crippen LogP contribution in [0, 0.1) is 0 Å². The SMILES string of the molecule is O=C(Nc1n[nH]c2ccccc12)c1ccn[nH]1. The topological polar surface area (TPSA) is 86.5 Å². The summed E-state index contributed by atoms with van der Waals surface area (Å²) in [5, 5.41) is 16.8. The van der Waals surface area contributed by atoms with Crippen molar-refractivity contribution in [2.45, 2.75) is 0 Å². The fourth-order valence-electron chi connectivity index (χ4n) is 1.62. The Bertz CT molecular complexity index is 655. The third kappa shape index (κ3) is 1.65. The van der Waals surface area contributed by atoms with Gasteiger partial charge in [0.2, 0.25) is 0 Å². The van der Waals surface area contributed by atoms with E-state index in [0.29, 0.717) is 11.5 Å². The molecule has 2 aromatic heterocycles. The van der Waals surface area contributed by atoms with Crippen molar-refractivity contribution in [3.63, 3.8) is 0 Å². The first-order chi connectivity index (χ1) is 8.34. The number of para-hydroxylation sites is 1. The Labute approximate surface area is 96.0 Å². The van der Waals surface area contributed by atoms with Gasteiger partial charge in [-0.2, -0.15) is 10.2 Å². The first kappa shape index (κ1) is 9.59. The molecule has 3 aromatic rings. The number of aromatic nitrogens is 4. The van der Waals surface area contributed by atoms with Crippen molar-refractivity contribution < 1.29 is 4.79 Å². The van der Waals surface area contributed by atoms with E-state index in [4.69, 9.17) is 0 Å². The Kier molecular flexibility index (Phi) is 2.11. The van der Waals surface area contributed by atoms with E-state index in [1.807, 2.05) is 24.3 Å². The monoisotopic (exact) mass is 227 g/mol. The molecule has 0 atom stereocenters. The number of benzene rings is 1. The lowest BCUT2D eigenvalue weighted by atomic mass is 10.2. The number of carbonyl (C=O) groups is 1. The van der Waals surface area contributed by atoms with Gasteiger partial charge >= 0.3 is 0 Å². The van der Waals surface area contributed by atoms with Crippen LogP contribution >= 0.6 is 0 Å². The zero-order valence-corrected chi connectivity index (χ0v) is 8.77. The average Bonchev–Trinajstić information content (AvgIpc) is 2.98. The molecule has 0 aliphatic carbocycles. The molecule has 6 nitrogen and oxygen atoms in total. The van der Waals surface area contributed by atoms with Gasteiger partial charge in [-0.3, -0.25) is 15.0 Å². The molecular formula is C11H9N5O. The molecule has 0 spiro atoms. The highest BCUT2D eigenvalue weighted by Crippen LogP contribution is 2.19. The van der Waals surface area contributed by atoms with Gasteiger partial charge in [0.1, 0.15) is 5.69 Å². The lowest BCUT2D eigenvalue weighted by Crippen LogP contribution is -2.12. The van der Waals surface area contributed by atoms with Gasteiger partial charge < -0.3 is 5.32 Å². The molecule has 0 aliphatic rings. The van der Waals surface area contributed by atoms with Crippen molar-refractivity contribution in [2.24, 2.45) is 0 Å². The Morgan fingerprint density at radius 2 is 2.06 bits per heavy atom. The number of nitrogens with zero attached hydrogens (tertiary/aromatic N) is 2. The summed E-state index contributed by atoms with van der Waals surface area (Å²) in [6.45, 7) is 0. The average molecular weight is 227 g/mol. The van der Waals surface area contributed by atoms with E-state index in [9.17, 15) is 4.79 Å². The molecule has 84 valence electrons. The summed E-state index contributed by atoms with van der Waals surface area (Å²) in [4.78, 5) is 11.8. The van der Waals surface area contributed by atoms with E-state index in [2.05, 4.69) is 25.7 Å². The lowest BCUT2D eigenvalue weighted by Gasteiger charge is -1.99. The molecule has 0 bridgehead atoms. The van der Waals surface area contributed by atoms with Gasteiger partial charge in [0.15, 0.2) is 5.82 Å². The fraction of sp³-hybridized carbons (Fsp3) is 0. The summed E-state index contributed by atoms with van der Waals surface area (Å²) >= 11 is 0. The Morgan fingerprint density at radius 3 is 2.88 bits per heavy atom. The second-order valence-corrected chi connectivity index (χ2v) is 3.54. The predicted octanol–water partition coefficient (Wildman–Crippen LogP) is 1.54. The fourth-order valence-corrected chi connectivity index (χ4v) is 1.62. The van der Waals surface area contributed by atoms with E-state index in [0.717, 1.165) is 10.9 Å². The number of carbonyl (C=O) groups excluding carboxylic acids is 1. The minimum Gasteiger partial charge on any atom is -0.303 e. The number of amides is 1. The van der Waals surface area contributed by atoms with Crippen LogP contribution in [0.25, 0.3) is 10.9 Å². The van der Waals surface area contributed by atoms with Gasteiger partial charge in [-0.15, -0.1) is 0 Å². The van der Waals surface area contributed by atoms with Crippen molar-refractivity contribution in [1.82, 2.24) is 20.4 Å². The predicted molar refractivity (Wildman–Crippen MR) is 62.6 cm³/mol. The minimum absolute atomic E-state index is 0.264. The molecule has 6 heteroatoms. The zero-order valence-electron chi connectivity index (χ0n) is 8.77. The van der Waals surface area contributed by atoms with Crippen LogP contribution in [0.1, 0.15) is 10.5 Å². The summed E-state index contributed by atoms with van der Waals surface area (Å²) in [6.07, 6.45) is 1.53. The second-order valence-electron chi connectivity index (χ2n) is 3.54. The van der Waals surface area contributed by atoms with E-state index in [1.54, 1.807) is 6.07 Å². The van der Waals surface area contributed by atoms with Crippen molar-refractivity contribution in [3.8, 4) is 0 Å². The number of hydrogen-bond donors (Lipinski definition) is 3. The van der Waals surface area contributed by atoms with Crippen LogP contribution in [0.5, 0.6) is 0 Å². The van der Waals surface area contributed by atoms with Crippen LogP contribution in [-0.2, 0) is 0 Å². The standard InChI is InChI=1S/C11H9N5O/c17-11(9-5-6-12-14-9)13-10-7-3-1-2-4-8(7)15-16-10/h1-6H,(H,12,14)(H2,13,15,16,17). The van der Waals surface area contributed by atoms with Crippen molar-refractivity contribution in [3.05, 3.63) is 42.2 Å². The summed E-state index contributed by atoms with van der Waals surface area (Å²) in [7, 11) is 0. The second kappa shape index (κ2) is 3.75. The minimum atomic E-state index is -0.264. The van der Waals surface area contributed by atoms with Crippen molar-refractivity contribution >= 4 is 22.6 Å². The zero-order chi connectivity index (χ0) is 11.7. The number of H-pyrrole nitrogens is 2. The van der Waals surface area contributed by atoms with Crippen molar-refractivity contribution in [1.29, 1.82) is 0 Å². The highest BCUT2D eigenvalue weighted by atomic mass is 16.2. The quantitative estimate of drug-likeness (QED) is 0.620. The van der Waals surface area contributed by atoms with Gasteiger partial charge in [-0.05, 0) is 18.2 Å². The first-order valence-electron chi connectivity index (χ1n) is 5.08. The molecule has 0 aliphatic heterocycles. The molecule has 0 radical (unpaired) electrons. The molecule has 0 saturated heterocycles. The number of aromatic amines is 2. The maximum atomic E-state index is 11.8. The highest BCUT2D eigenvalue weighted by Gasteiger charge is 2.11. The van der Waals surface area contributed by atoms with Crippen LogP contribution in [-0.4, -0.2) is 26.3 Å². The normalized spacial score (nSPS) is 10.6. The third-order valence-electron chi connectivity index (χ3n) is 2.45. The van der Waals surface area contributed by atoms with E-state index >= 15 is 0 Å². The molecule has 1 aromatic carbocycles. The van der Waals surface area contributed by atoms with Gasteiger partial charge in [0.05, 0.1) is 5.52 Å². The summed E-state index contributed by atoms with van der Waals surface area (Å²) in [5.74, 6) is 0.250. The molecular weight excluding hydrogens is 218 g/mol. The van der Waals surface area contributed by atoms with Crippen LogP contribution < -0.4 is 5.32 Å².